The van der Waals surface area contributed by atoms with Crippen molar-refractivity contribution in [2.45, 2.75) is 6.42 Å². The van der Waals surface area contributed by atoms with Crippen LogP contribution in [-0.4, -0.2) is 31.2 Å². The van der Waals surface area contributed by atoms with E-state index in [1.165, 1.54) is 0 Å². The Kier molecular flexibility index (Phi) is 4.11. The summed E-state index contributed by atoms with van der Waals surface area (Å²) in [6.07, 6.45) is 1.49. The monoisotopic (exact) mass is 151 g/mol. The summed E-state index contributed by atoms with van der Waals surface area (Å²) in [6.45, 7) is 4.04. The molecule has 0 unspecified atom stereocenters. The van der Waals surface area contributed by atoms with Crippen LogP contribution in [0.3, 0.4) is 0 Å². The fourth-order valence-electron chi connectivity index (χ4n) is 0.539. The molecule has 0 aromatic heterocycles. The summed E-state index contributed by atoms with van der Waals surface area (Å²) in [5.74, 6) is 0. The normalized spacial score (nSPS) is 11.9. The third kappa shape index (κ3) is 8.15. The molecule has 0 radical (unpaired) electrons. The van der Waals surface area contributed by atoms with E-state index in [9.17, 15) is 4.57 Å². The maximum Gasteiger partial charge on any atom is 0.0819 e. The van der Waals surface area contributed by atoms with Gasteiger partial charge in [0.1, 0.15) is 0 Å². The van der Waals surface area contributed by atoms with Gasteiger partial charge in [0, 0.05) is 12.7 Å². The topological polar surface area (TPSA) is 49.3 Å². The minimum atomic E-state index is -1.85. The van der Waals surface area contributed by atoms with Crippen molar-refractivity contribution in [1.82, 2.24) is 5.48 Å². The highest BCUT2D eigenvalue weighted by Crippen LogP contribution is 2.35. The van der Waals surface area contributed by atoms with Gasteiger partial charge >= 0.3 is 0 Å². The van der Waals surface area contributed by atoms with E-state index >= 15 is 0 Å². The van der Waals surface area contributed by atoms with Crippen LogP contribution in [-0.2, 0) is 4.57 Å². The van der Waals surface area contributed by atoms with Crippen LogP contribution in [0.2, 0.25) is 0 Å². The van der Waals surface area contributed by atoms with Crippen LogP contribution in [0.5, 0.6) is 0 Å². The van der Waals surface area contributed by atoms with Gasteiger partial charge in [-0.15, -0.1) is 0 Å². The van der Waals surface area contributed by atoms with Gasteiger partial charge in [-0.1, -0.05) is 0 Å². The van der Waals surface area contributed by atoms with Gasteiger partial charge in [0.15, 0.2) is 0 Å². The molecule has 0 bridgehead atoms. The molecule has 0 saturated heterocycles. The van der Waals surface area contributed by atoms with Crippen LogP contribution in [0.1, 0.15) is 6.42 Å². The minimum Gasteiger partial charge on any atom is -0.324 e. The summed E-state index contributed by atoms with van der Waals surface area (Å²) in [7, 11) is -1.85. The predicted molar refractivity (Wildman–Crippen MR) is 38.7 cm³/mol. The second-order valence-electron chi connectivity index (χ2n) is 2.56. The number of hydrogen-bond acceptors (Lipinski definition) is 3. The van der Waals surface area contributed by atoms with Crippen LogP contribution in [0, 0.1) is 0 Å². The lowest BCUT2D eigenvalue weighted by molar-refractivity contribution is 0.167. The lowest BCUT2D eigenvalue weighted by atomic mass is 10.5. The molecule has 0 heterocycles. The summed E-state index contributed by atoms with van der Waals surface area (Å²) in [5.41, 5.74) is 2.02. The quantitative estimate of drug-likeness (QED) is 0.357. The van der Waals surface area contributed by atoms with Crippen LogP contribution >= 0.6 is 7.14 Å². The van der Waals surface area contributed by atoms with E-state index in [1.54, 1.807) is 13.3 Å². The summed E-state index contributed by atoms with van der Waals surface area (Å²) in [4.78, 5) is 0. The smallest absolute Gasteiger partial charge is 0.0819 e. The van der Waals surface area contributed by atoms with Crippen LogP contribution in [0.25, 0.3) is 0 Å². The molecule has 4 heteroatoms. The molecule has 0 aromatic carbocycles. The number of nitrogens with one attached hydrogen (secondary N) is 1. The molecule has 0 fully saturated rings. The van der Waals surface area contributed by atoms with Gasteiger partial charge in [-0.3, -0.25) is 0 Å². The van der Waals surface area contributed by atoms with Gasteiger partial charge in [-0.2, -0.15) is 0 Å². The van der Waals surface area contributed by atoms with E-state index in [2.05, 4.69) is 0 Å². The molecule has 0 aliphatic rings. The summed E-state index contributed by atoms with van der Waals surface area (Å²) in [6, 6.07) is 0. The highest BCUT2D eigenvalue weighted by Gasteiger charge is 2.04. The van der Waals surface area contributed by atoms with Crippen molar-refractivity contribution in [2.75, 3.05) is 26.0 Å². The highest BCUT2D eigenvalue weighted by molar-refractivity contribution is 7.62. The summed E-state index contributed by atoms with van der Waals surface area (Å²) >= 11 is 0. The van der Waals surface area contributed by atoms with Crippen LogP contribution in [0.4, 0.5) is 0 Å². The number of rotatable bonds is 4. The van der Waals surface area contributed by atoms with Gasteiger partial charge in [-0.05, 0) is 19.8 Å². The second kappa shape index (κ2) is 4.04. The Labute approximate surface area is 55.8 Å². The molecular formula is C5H14NO2P. The Morgan fingerprint density at radius 2 is 2.11 bits per heavy atom. The highest BCUT2D eigenvalue weighted by atomic mass is 31.2. The maximum atomic E-state index is 11.0. The number of hydrogen-bond donors (Lipinski definition) is 2. The molecule has 0 aromatic rings. The third-order valence-corrected chi connectivity index (χ3v) is 2.38. The van der Waals surface area contributed by atoms with E-state index in [-0.39, 0.29) is 0 Å². The molecule has 0 aliphatic carbocycles. The lowest BCUT2D eigenvalue weighted by Crippen LogP contribution is -2.09. The van der Waals surface area contributed by atoms with Crippen molar-refractivity contribution >= 4 is 7.14 Å². The first-order valence-corrected chi connectivity index (χ1v) is 5.76. The molecule has 2 N–H and O–H groups in total. The van der Waals surface area contributed by atoms with Gasteiger partial charge in [0.25, 0.3) is 0 Å². The molecule has 56 valence electrons. The third-order valence-electron chi connectivity index (χ3n) is 0.985. The van der Waals surface area contributed by atoms with Crippen molar-refractivity contribution in [3.8, 4) is 0 Å². The molecule has 0 rings (SSSR count). The minimum absolute atomic E-state index is 0.533. The van der Waals surface area contributed by atoms with Gasteiger partial charge < -0.3 is 9.77 Å². The van der Waals surface area contributed by atoms with Gasteiger partial charge in [0.05, 0.1) is 7.14 Å². The van der Waals surface area contributed by atoms with E-state index < -0.39 is 7.14 Å². The van der Waals surface area contributed by atoms with E-state index in [0.717, 1.165) is 6.42 Å². The van der Waals surface area contributed by atoms with Gasteiger partial charge in [0.2, 0.25) is 0 Å². The molecule has 0 amide bonds. The van der Waals surface area contributed by atoms with Crippen molar-refractivity contribution in [1.29, 1.82) is 0 Å². The zero-order chi connectivity index (χ0) is 7.33. The fourth-order valence-corrected chi connectivity index (χ4v) is 1.46. The molecule has 0 saturated carbocycles. The molecular weight excluding hydrogens is 137 g/mol. The SMILES string of the molecule is CP(C)(=O)CCCNO. The Morgan fingerprint density at radius 1 is 1.56 bits per heavy atom. The van der Waals surface area contributed by atoms with Crippen molar-refractivity contribution < 1.29 is 9.77 Å². The zero-order valence-electron chi connectivity index (χ0n) is 5.92. The fraction of sp³-hybridized carbons (Fsp3) is 1.00. The van der Waals surface area contributed by atoms with Crippen molar-refractivity contribution in [2.24, 2.45) is 0 Å². The van der Waals surface area contributed by atoms with Gasteiger partial charge in [-0.25, -0.2) is 5.48 Å². The first-order chi connectivity index (χ1) is 4.06. The first kappa shape index (κ1) is 9.15. The summed E-state index contributed by atoms with van der Waals surface area (Å²) < 4.78 is 11.0. The lowest BCUT2D eigenvalue weighted by Gasteiger charge is -2.03. The average molecular weight is 151 g/mol. The maximum absolute atomic E-state index is 11.0. The van der Waals surface area contributed by atoms with Crippen LogP contribution in [0.15, 0.2) is 0 Å². The van der Waals surface area contributed by atoms with E-state index in [0.29, 0.717) is 12.7 Å². The summed E-state index contributed by atoms with van der Waals surface area (Å²) in [5, 5.41) is 8.12. The number of hydroxylamine groups is 1. The molecule has 3 nitrogen and oxygen atoms in total. The van der Waals surface area contributed by atoms with Crippen molar-refractivity contribution in [3.63, 3.8) is 0 Å². The van der Waals surface area contributed by atoms with E-state index in [4.69, 9.17) is 5.21 Å². The first-order valence-electron chi connectivity index (χ1n) is 2.97. The molecule has 0 spiro atoms. The molecule has 0 atom stereocenters. The van der Waals surface area contributed by atoms with Crippen LogP contribution < -0.4 is 5.48 Å². The Bertz CT molecular complexity index is 110. The predicted octanol–water partition coefficient (Wildman–Crippen LogP) is 0.978. The largest absolute Gasteiger partial charge is 0.324 e. The Morgan fingerprint density at radius 3 is 2.44 bits per heavy atom. The Balaban J connectivity index is 3.18. The molecule has 0 aliphatic heterocycles. The zero-order valence-corrected chi connectivity index (χ0v) is 6.82. The Hall–Kier alpha value is 0.150. The second-order valence-corrected chi connectivity index (χ2v) is 6.15. The van der Waals surface area contributed by atoms with Crippen molar-refractivity contribution in [3.05, 3.63) is 0 Å². The van der Waals surface area contributed by atoms with E-state index in [1.807, 2.05) is 5.48 Å². The average Bonchev–Trinajstić information content (AvgIpc) is 1.63. The standard InChI is InChI=1S/C5H14NO2P/c1-9(2,8)5-3-4-6-7/h6-7H,3-5H2,1-2H3. The molecule has 9 heavy (non-hydrogen) atoms.